The van der Waals surface area contributed by atoms with Crippen molar-refractivity contribution in [3.05, 3.63) is 87.0 Å². The van der Waals surface area contributed by atoms with Crippen molar-refractivity contribution in [2.24, 2.45) is 0 Å². The van der Waals surface area contributed by atoms with E-state index in [2.05, 4.69) is 25.5 Å². The van der Waals surface area contributed by atoms with Gasteiger partial charge in [-0.15, -0.1) is 0 Å². The minimum Gasteiger partial charge on any atom is -0.488 e. The molecule has 0 spiro atoms. The first kappa shape index (κ1) is 20.8. The average molecular weight is 469 g/mol. The molecule has 2 N–H and O–H groups in total. The van der Waals surface area contributed by atoms with Crippen molar-refractivity contribution < 1.29 is 9.66 Å². The predicted octanol–water partition coefficient (Wildman–Crippen LogP) is 3.37. The Morgan fingerprint density at radius 2 is 2.03 bits per heavy atom. The molecule has 11 heteroatoms. The Labute approximate surface area is 197 Å². The molecule has 11 nitrogen and oxygen atoms in total. The maximum atomic E-state index is 13.3. The number of aryl methyl sites for hydroxylation is 1. The Bertz CT molecular complexity index is 1650. The van der Waals surface area contributed by atoms with Crippen molar-refractivity contribution in [3.63, 3.8) is 0 Å². The third-order valence-electron chi connectivity index (χ3n) is 6.11. The normalized spacial score (nSPS) is 15.0. The van der Waals surface area contributed by atoms with Crippen LogP contribution in [0.25, 0.3) is 27.6 Å². The molecule has 0 bridgehead atoms. The summed E-state index contributed by atoms with van der Waals surface area (Å²) in [5.41, 5.74) is 2.40. The lowest BCUT2D eigenvalue weighted by Gasteiger charge is -2.26. The van der Waals surface area contributed by atoms with Crippen LogP contribution in [-0.4, -0.2) is 42.3 Å². The number of H-pyrrole nitrogens is 1. The zero-order chi connectivity index (χ0) is 23.9. The number of rotatable bonds is 5. The van der Waals surface area contributed by atoms with Gasteiger partial charge in [-0.25, -0.2) is 4.98 Å². The fourth-order valence-corrected chi connectivity index (χ4v) is 4.39. The number of benzene rings is 2. The molecule has 4 heterocycles. The summed E-state index contributed by atoms with van der Waals surface area (Å²) in [7, 11) is 0. The summed E-state index contributed by atoms with van der Waals surface area (Å²) in [5.74, 6) is 1.01. The largest absolute Gasteiger partial charge is 0.488 e. The van der Waals surface area contributed by atoms with Crippen molar-refractivity contribution >= 4 is 33.6 Å². The first-order valence-corrected chi connectivity index (χ1v) is 11.1. The Hall–Kier alpha value is -4.80. The second-order valence-corrected chi connectivity index (χ2v) is 8.27. The highest BCUT2D eigenvalue weighted by molar-refractivity contribution is 6.02. The molecule has 0 saturated heterocycles. The standard InChI is InChI=1S/C24H19N7O4/c32-23-19-13-27-29-21(19)18-12-26-24(28-22(18)30(23)15-4-2-1-3-5-15)25-11-17-8-6-14-10-16(31(33)34)7-9-20(14)35-17/h1-5,7,9-10,12-13,17H,6,8,11H2,(H,27,29)(H,25,26,28). The van der Waals surface area contributed by atoms with E-state index in [-0.39, 0.29) is 17.4 Å². The van der Waals surface area contributed by atoms with Crippen LogP contribution in [0.15, 0.2) is 65.7 Å². The number of nitro benzene ring substituents is 1. The number of para-hydroxylation sites is 1. The molecule has 5 aromatic rings. The second kappa shape index (κ2) is 8.20. The SMILES string of the molecule is O=c1c2cn[nH]c2c2cnc(NCC3CCc4cc([N+](=O)[O-])ccc4O3)nc2n1-c1ccccc1. The van der Waals surface area contributed by atoms with Gasteiger partial charge in [0.25, 0.3) is 11.2 Å². The van der Waals surface area contributed by atoms with Gasteiger partial charge in [0.05, 0.1) is 39.6 Å². The number of nitro groups is 1. The fourth-order valence-electron chi connectivity index (χ4n) is 4.39. The number of fused-ring (bicyclic) bond motifs is 4. The van der Waals surface area contributed by atoms with Crippen LogP contribution in [0.1, 0.15) is 12.0 Å². The van der Waals surface area contributed by atoms with Crippen molar-refractivity contribution in [1.82, 2.24) is 24.7 Å². The van der Waals surface area contributed by atoms with E-state index in [0.29, 0.717) is 58.7 Å². The van der Waals surface area contributed by atoms with E-state index in [4.69, 9.17) is 4.74 Å². The average Bonchev–Trinajstić information content (AvgIpc) is 3.38. The predicted molar refractivity (Wildman–Crippen MR) is 129 cm³/mol. The quantitative estimate of drug-likeness (QED) is 0.295. The van der Waals surface area contributed by atoms with Gasteiger partial charge in [-0.1, -0.05) is 18.2 Å². The zero-order valence-corrected chi connectivity index (χ0v) is 18.3. The summed E-state index contributed by atoms with van der Waals surface area (Å²) in [6, 6.07) is 13.9. The van der Waals surface area contributed by atoms with Crippen molar-refractivity contribution in [2.45, 2.75) is 18.9 Å². The number of ether oxygens (including phenoxy) is 1. The molecule has 1 unspecified atom stereocenters. The van der Waals surface area contributed by atoms with Crippen LogP contribution in [0.4, 0.5) is 11.6 Å². The number of nitrogens with one attached hydrogen (secondary N) is 2. The summed E-state index contributed by atoms with van der Waals surface area (Å²) in [6.45, 7) is 0.434. The van der Waals surface area contributed by atoms with Gasteiger partial charge in [0.1, 0.15) is 11.9 Å². The summed E-state index contributed by atoms with van der Waals surface area (Å²) < 4.78 is 7.58. The van der Waals surface area contributed by atoms with Crippen LogP contribution in [-0.2, 0) is 6.42 Å². The van der Waals surface area contributed by atoms with E-state index < -0.39 is 4.92 Å². The summed E-state index contributed by atoms with van der Waals surface area (Å²) in [6.07, 6.45) is 4.39. The number of aromatic amines is 1. The number of pyridine rings is 1. The van der Waals surface area contributed by atoms with Crippen LogP contribution < -0.4 is 15.6 Å². The van der Waals surface area contributed by atoms with Crippen LogP contribution in [0.3, 0.4) is 0 Å². The number of non-ortho nitro benzene ring substituents is 1. The van der Waals surface area contributed by atoms with E-state index in [9.17, 15) is 14.9 Å². The van der Waals surface area contributed by atoms with Crippen molar-refractivity contribution in [1.29, 1.82) is 0 Å². The molecule has 2 aromatic carbocycles. The molecule has 0 fully saturated rings. The minimum absolute atomic E-state index is 0.0596. The molecule has 1 aliphatic heterocycles. The molecule has 1 atom stereocenters. The number of hydrogen-bond acceptors (Lipinski definition) is 8. The van der Waals surface area contributed by atoms with E-state index in [1.807, 2.05) is 30.3 Å². The highest BCUT2D eigenvalue weighted by atomic mass is 16.6. The molecular weight excluding hydrogens is 450 g/mol. The molecule has 35 heavy (non-hydrogen) atoms. The maximum Gasteiger partial charge on any atom is 0.269 e. The fraction of sp³-hybridized carbons (Fsp3) is 0.167. The Kier molecular flexibility index (Phi) is 4.87. The third kappa shape index (κ3) is 3.62. The van der Waals surface area contributed by atoms with Gasteiger partial charge in [-0.2, -0.15) is 10.1 Å². The molecule has 0 aliphatic carbocycles. The topological polar surface area (TPSA) is 141 Å². The van der Waals surface area contributed by atoms with Crippen LogP contribution >= 0.6 is 0 Å². The van der Waals surface area contributed by atoms with Gasteiger partial charge in [0.2, 0.25) is 5.95 Å². The monoisotopic (exact) mass is 469 g/mol. The first-order chi connectivity index (χ1) is 17.1. The number of nitrogens with zero attached hydrogens (tertiary/aromatic N) is 5. The summed E-state index contributed by atoms with van der Waals surface area (Å²) >= 11 is 0. The molecule has 0 amide bonds. The third-order valence-corrected chi connectivity index (χ3v) is 6.11. The molecule has 0 radical (unpaired) electrons. The van der Waals surface area contributed by atoms with Gasteiger partial charge in [0, 0.05) is 23.9 Å². The zero-order valence-electron chi connectivity index (χ0n) is 18.3. The van der Waals surface area contributed by atoms with Gasteiger partial charge in [-0.05, 0) is 31.0 Å². The number of aromatic nitrogens is 5. The van der Waals surface area contributed by atoms with Gasteiger partial charge >= 0.3 is 0 Å². The van der Waals surface area contributed by atoms with E-state index >= 15 is 0 Å². The van der Waals surface area contributed by atoms with Gasteiger partial charge < -0.3 is 10.1 Å². The molecule has 6 rings (SSSR count). The molecular formula is C24H19N7O4. The lowest BCUT2D eigenvalue weighted by Crippen LogP contribution is -2.30. The van der Waals surface area contributed by atoms with Gasteiger partial charge in [-0.3, -0.25) is 24.6 Å². The molecule has 174 valence electrons. The number of anilines is 1. The van der Waals surface area contributed by atoms with Crippen LogP contribution in [0.5, 0.6) is 5.75 Å². The van der Waals surface area contributed by atoms with Crippen molar-refractivity contribution in [2.75, 3.05) is 11.9 Å². The smallest absolute Gasteiger partial charge is 0.269 e. The summed E-state index contributed by atoms with van der Waals surface area (Å²) in [5, 5.41) is 22.3. The first-order valence-electron chi connectivity index (χ1n) is 11.1. The number of hydrogen-bond donors (Lipinski definition) is 2. The minimum atomic E-state index is -0.406. The maximum absolute atomic E-state index is 13.3. The Morgan fingerprint density at radius 3 is 2.86 bits per heavy atom. The van der Waals surface area contributed by atoms with E-state index in [1.54, 1.807) is 22.9 Å². The Morgan fingerprint density at radius 1 is 1.17 bits per heavy atom. The second-order valence-electron chi connectivity index (χ2n) is 8.27. The van der Waals surface area contributed by atoms with Crippen LogP contribution in [0, 0.1) is 10.1 Å². The van der Waals surface area contributed by atoms with E-state index in [1.165, 1.54) is 12.3 Å². The highest BCUT2D eigenvalue weighted by Gasteiger charge is 2.22. The Balaban J connectivity index is 1.31. The molecule has 3 aromatic heterocycles. The lowest BCUT2D eigenvalue weighted by atomic mass is 10.0. The highest BCUT2D eigenvalue weighted by Crippen LogP contribution is 2.31. The van der Waals surface area contributed by atoms with Crippen molar-refractivity contribution in [3.8, 4) is 11.4 Å². The lowest BCUT2D eigenvalue weighted by molar-refractivity contribution is -0.385. The van der Waals surface area contributed by atoms with Gasteiger partial charge in [0.15, 0.2) is 5.65 Å². The van der Waals surface area contributed by atoms with E-state index in [0.717, 1.165) is 5.56 Å². The van der Waals surface area contributed by atoms with Crippen LogP contribution in [0.2, 0.25) is 0 Å². The molecule has 0 saturated carbocycles. The molecule has 1 aliphatic rings. The summed E-state index contributed by atoms with van der Waals surface area (Å²) in [4.78, 5) is 33.0.